The summed E-state index contributed by atoms with van der Waals surface area (Å²) >= 11 is 5.69. The quantitative estimate of drug-likeness (QED) is 0.608. The first kappa shape index (κ1) is 13.5. The number of rotatable bonds is 3. The molecule has 2 aromatic carbocycles. The molecule has 0 unspecified atom stereocenters. The maximum atomic E-state index is 13.8. The largest absolute Gasteiger partial charge is 0.273 e. The van der Waals surface area contributed by atoms with Crippen LogP contribution in [-0.2, 0) is 6.42 Å². The number of hydrogen-bond acceptors (Lipinski definition) is 2. The van der Waals surface area contributed by atoms with Gasteiger partial charge in [0.15, 0.2) is 0 Å². The summed E-state index contributed by atoms with van der Waals surface area (Å²) < 4.78 is 13.8. The number of nitrogens with zero attached hydrogens (tertiary/aromatic N) is 1. The minimum absolute atomic E-state index is 0.00866. The molecule has 0 radical (unpaired) electrons. The fourth-order valence-corrected chi connectivity index (χ4v) is 2.08. The number of benzene rings is 2. The third-order valence-electron chi connectivity index (χ3n) is 2.91. The molecule has 0 saturated carbocycles. The van der Waals surface area contributed by atoms with E-state index in [0.29, 0.717) is 28.1 Å². The van der Waals surface area contributed by atoms with Gasteiger partial charge in [-0.25, -0.2) is 4.39 Å². The SMILES string of the molecule is CCc1ccc(-c2ccc(Cl)cc2F)cc1[N+](=O)[O-]. The fourth-order valence-electron chi connectivity index (χ4n) is 1.92. The molecule has 2 rings (SSSR count). The van der Waals surface area contributed by atoms with Crippen molar-refractivity contribution >= 4 is 17.3 Å². The van der Waals surface area contributed by atoms with E-state index in [9.17, 15) is 14.5 Å². The summed E-state index contributed by atoms with van der Waals surface area (Å²) in [4.78, 5) is 10.5. The fraction of sp³-hybridized carbons (Fsp3) is 0.143. The highest BCUT2D eigenvalue weighted by Crippen LogP contribution is 2.30. The van der Waals surface area contributed by atoms with Gasteiger partial charge in [-0.2, -0.15) is 0 Å². The van der Waals surface area contributed by atoms with Gasteiger partial charge in [0.2, 0.25) is 0 Å². The first-order chi connectivity index (χ1) is 9.02. The maximum Gasteiger partial charge on any atom is 0.273 e. The van der Waals surface area contributed by atoms with Crippen LogP contribution >= 0.6 is 11.6 Å². The molecule has 0 fully saturated rings. The van der Waals surface area contributed by atoms with E-state index in [1.165, 1.54) is 18.2 Å². The Morgan fingerprint density at radius 2 is 2.00 bits per heavy atom. The monoisotopic (exact) mass is 279 g/mol. The van der Waals surface area contributed by atoms with Crippen LogP contribution in [0.15, 0.2) is 36.4 Å². The van der Waals surface area contributed by atoms with Crippen molar-refractivity contribution in [2.75, 3.05) is 0 Å². The van der Waals surface area contributed by atoms with E-state index in [-0.39, 0.29) is 5.69 Å². The zero-order valence-corrected chi connectivity index (χ0v) is 10.9. The summed E-state index contributed by atoms with van der Waals surface area (Å²) in [6.07, 6.45) is 0.555. The minimum Gasteiger partial charge on any atom is -0.258 e. The van der Waals surface area contributed by atoms with Crippen molar-refractivity contribution in [2.24, 2.45) is 0 Å². The maximum absolute atomic E-state index is 13.8. The van der Waals surface area contributed by atoms with Crippen LogP contribution in [0.3, 0.4) is 0 Å². The van der Waals surface area contributed by atoms with Gasteiger partial charge in [0.05, 0.1) is 4.92 Å². The molecule has 0 aromatic heterocycles. The Kier molecular flexibility index (Phi) is 3.81. The molecule has 3 nitrogen and oxygen atoms in total. The van der Waals surface area contributed by atoms with Crippen LogP contribution in [0.25, 0.3) is 11.1 Å². The predicted molar refractivity (Wildman–Crippen MR) is 72.9 cm³/mol. The molecule has 2 aromatic rings. The summed E-state index contributed by atoms with van der Waals surface area (Å²) in [6.45, 7) is 1.84. The zero-order chi connectivity index (χ0) is 14.0. The summed E-state index contributed by atoms with van der Waals surface area (Å²) in [6, 6.07) is 8.99. The van der Waals surface area contributed by atoms with Crippen molar-refractivity contribution in [1.82, 2.24) is 0 Å². The number of nitro groups is 1. The van der Waals surface area contributed by atoms with Crippen LogP contribution in [0.5, 0.6) is 0 Å². The van der Waals surface area contributed by atoms with Crippen LogP contribution in [0.2, 0.25) is 5.02 Å². The molecular formula is C14H11ClFNO2. The van der Waals surface area contributed by atoms with Gasteiger partial charge in [0.25, 0.3) is 5.69 Å². The van der Waals surface area contributed by atoms with Crippen LogP contribution in [0.4, 0.5) is 10.1 Å². The third kappa shape index (κ3) is 2.74. The molecule has 98 valence electrons. The van der Waals surface area contributed by atoms with E-state index in [4.69, 9.17) is 11.6 Å². The molecule has 0 N–H and O–H groups in total. The van der Waals surface area contributed by atoms with Crippen molar-refractivity contribution in [3.05, 3.63) is 62.9 Å². The standard InChI is InChI=1S/C14H11ClFNO2/c1-2-9-3-4-10(7-14(9)17(18)19)12-6-5-11(15)8-13(12)16/h3-8H,2H2,1H3. The van der Waals surface area contributed by atoms with Crippen molar-refractivity contribution in [1.29, 1.82) is 0 Å². The lowest BCUT2D eigenvalue weighted by Gasteiger charge is -2.06. The minimum atomic E-state index is -0.494. The van der Waals surface area contributed by atoms with Gasteiger partial charge >= 0.3 is 0 Å². The smallest absolute Gasteiger partial charge is 0.258 e. The van der Waals surface area contributed by atoms with Gasteiger partial charge in [0, 0.05) is 22.2 Å². The lowest BCUT2D eigenvalue weighted by atomic mass is 10.0. The number of nitro benzene ring substituents is 1. The molecule has 0 aliphatic heterocycles. The number of hydrogen-bond donors (Lipinski definition) is 0. The molecule has 0 bridgehead atoms. The van der Waals surface area contributed by atoms with Crippen molar-refractivity contribution in [3.63, 3.8) is 0 Å². The molecular weight excluding hydrogens is 269 g/mol. The zero-order valence-electron chi connectivity index (χ0n) is 10.2. The normalized spacial score (nSPS) is 10.5. The Balaban J connectivity index is 2.57. The van der Waals surface area contributed by atoms with Crippen molar-refractivity contribution in [2.45, 2.75) is 13.3 Å². The van der Waals surface area contributed by atoms with Crippen LogP contribution in [0, 0.1) is 15.9 Å². The Labute approximate surface area is 114 Å². The first-order valence-corrected chi connectivity index (χ1v) is 6.13. The molecule has 0 amide bonds. The van der Waals surface area contributed by atoms with Crippen LogP contribution in [0.1, 0.15) is 12.5 Å². The van der Waals surface area contributed by atoms with E-state index in [0.717, 1.165) is 0 Å². The van der Waals surface area contributed by atoms with Crippen LogP contribution < -0.4 is 0 Å². The van der Waals surface area contributed by atoms with E-state index in [1.54, 1.807) is 18.2 Å². The molecule has 0 aliphatic rings. The van der Waals surface area contributed by atoms with E-state index >= 15 is 0 Å². The van der Waals surface area contributed by atoms with Crippen molar-refractivity contribution in [3.8, 4) is 11.1 Å². The van der Waals surface area contributed by atoms with Crippen molar-refractivity contribution < 1.29 is 9.31 Å². The lowest BCUT2D eigenvalue weighted by Crippen LogP contribution is -1.95. The highest BCUT2D eigenvalue weighted by Gasteiger charge is 2.15. The van der Waals surface area contributed by atoms with Gasteiger partial charge in [-0.1, -0.05) is 30.7 Å². The second-order valence-corrected chi connectivity index (χ2v) is 4.51. The lowest BCUT2D eigenvalue weighted by molar-refractivity contribution is -0.385. The van der Waals surface area contributed by atoms with Gasteiger partial charge in [-0.15, -0.1) is 0 Å². The molecule has 0 spiro atoms. The molecule has 5 heteroatoms. The second-order valence-electron chi connectivity index (χ2n) is 4.08. The average molecular weight is 280 g/mol. The highest BCUT2D eigenvalue weighted by molar-refractivity contribution is 6.30. The summed E-state index contributed by atoms with van der Waals surface area (Å²) in [5, 5.41) is 11.3. The molecule has 0 heterocycles. The van der Waals surface area contributed by atoms with Crippen LogP contribution in [-0.4, -0.2) is 4.92 Å². The second kappa shape index (κ2) is 5.36. The van der Waals surface area contributed by atoms with Gasteiger partial charge in [0.1, 0.15) is 5.82 Å². The molecule has 19 heavy (non-hydrogen) atoms. The Morgan fingerprint density at radius 1 is 1.26 bits per heavy atom. The summed E-state index contributed by atoms with van der Waals surface area (Å²) in [5.41, 5.74) is 1.41. The average Bonchev–Trinajstić information content (AvgIpc) is 2.38. The third-order valence-corrected chi connectivity index (χ3v) is 3.14. The molecule has 0 aliphatic carbocycles. The first-order valence-electron chi connectivity index (χ1n) is 5.75. The Morgan fingerprint density at radius 3 is 2.58 bits per heavy atom. The van der Waals surface area contributed by atoms with Gasteiger partial charge < -0.3 is 0 Å². The topological polar surface area (TPSA) is 43.1 Å². The van der Waals surface area contributed by atoms with E-state index in [2.05, 4.69) is 0 Å². The number of halogens is 2. The Hall–Kier alpha value is -1.94. The molecule has 0 atom stereocenters. The predicted octanol–water partition coefficient (Wildman–Crippen LogP) is 4.62. The van der Waals surface area contributed by atoms with Gasteiger partial charge in [-0.3, -0.25) is 10.1 Å². The van der Waals surface area contributed by atoms with Gasteiger partial charge in [-0.05, 0) is 30.2 Å². The van der Waals surface area contributed by atoms with E-state index < -0.39 is 10.7 Å². The Bertz CT molecular complexity index is 643. The highest BCUT2D eigenvalue weighted by atomic mass is 35.5. The molecule has 0 saturated heterocycles. The number of aryl methyl sites for hydroxylation is 1. The summed E-state index contributed by atoms with van der Waals surface area (Å²) in [7, 11) is 0. The summed E-state index contributed by atoms with van der Waals surface area (Å²) in [5.74, 6) is -0.494. The van der Waals surface area contributed by atoms with E-state index in [1.807, 2.05) is 6.92 Å².